The SMILES string of the molecule is CCOC(=O)c1c2n(c3c(F)c(N4CCOCC4)c(F)cc3c1=O)C(CF)S2. The molecule has 150 valence electrons. The van der Waals surface area contributed by atoms with Crippen LogP contribution in [0.25, 0.3) is 10.9 Å². The van der Waals surface area contributed by atoms with Gasteiger partial charge in [-0.15, -0.1) is 0 Å². The zero-order valence-corrected chi connectivity index (χ0v) is 15.8. The first kappa shape index (κ1) is 19.1. The Balaban J connectivity index is 2.01. The first-order valence-electron chi connectivity index (χ1n) is 8.82. The number of alkyl halides is 1. The Kier molecular flexibility index (Phi) is 5.00. The number of fused-ring (bicyclic) bond motifs is 3. The van der Waals surface area contributed by atoms with E-state index >= 15 is 4.39 Å². The summed E-state index contributed by atoms with van der Waals surface area (Å²) in [4.78, 5) is 26.6. The Labute approximate surface area is 162 Å². The van der Waals surface area contributed by atoms with Crippen molar-refractivity contribution in [3.63, 3.8) is 0 Å². The van der Waals surface area contributed by atoms with Crippen LogP contribution in [0.3, 0.4) is 0 Å². The fourth-order valence-electron chi connectivity index (χ4n) is 3.54. The number of nitrogens with zero attached hydrogens (tertiary/aromatic N) is 2. The van der Waals surface area contributed by atoms with Crippen molar-refractivity contribution in [2.45, 2.75) is 17.3 Å². The molecule has 0 N–H and O–H groups in total. The molecule has 0 amide bonds. The van der Waals surface area contributed by atoms with Gasteiger partial charge < -0.3 is 18.9 Å². The molecule has 2 aliphatic heterocycles. The van der Waals surface area contributed by atoms with Crippen LogP contribution < -0.4 is 10.3 Å². The molecule has 0 aliphatic carbocycles. The molecular formula is C18H17F3N2O4S. The lowest BCUT2D eigenvalue weighted by Crippen LogP contribution is -2.38. The number of anilines is 1. The second-order valence-electron chi connectivity index (χ2n) is 6.34. The van der Waals surface area contributed by atoms with Crippen LogP contribution in [0.4, 0.5) is 18.9 Å². The van der Waals surface area contributed by atoms with Gasteiger partial charge in [-0.05, 0) is 13.0 Å². The Morgan fingerprint density at radius 3 is 2.71 bits per heavy atom. The van der Waals surface area contributed by atoms with Crippen LogP contribution in [0.5, 0.6) is 0 Å². The number of ether oxygens (including phenoxy) is 2. The van der Waals surface area contributed by atoms with Crippen molar-refractivity contribution in [1.29, 1.82) is 0 Å². The van der Waals surface area contributed by atoms with Gasteiger partial charge in [-0.2, -0.15) is 0 Å². The van der Waals surface area contributed by atoms with Crippen LogP contribution in [0.1, 0.15) is 22.7 Å². The van der Waals surface area contributed by atoms with Crippen molar-refractivity contribution in [2.75, 3.05) is 44.5 Å². The second kappa shape index (κ2) is 7.32. The van der Waals surface area contributed by atoms with Crippen LogP contribution >= 0.6 is 11.8 Å². The van der Waals surface area contributed by atoms with E-state index in [2.05, 4.69) is 0 Å². The molecule has 1 aromatic carbocycles. The molecule has 2 aliphatic rings. The molecule has 1 aromatic heterocycles. The molecule has 2 aromatic rings. The second-order valence-corrected chi connectivity index (χ2v) is 7.51. The van der Waals surface area contributed by atoms with Crippen LogP contribution in [-0.2, 0) is 9.47 Å². The molecule has 1 unspecified atom stereocenters. The van der Waals surface area contributed by atoms with Gasteiger partial charge in [0, 0.05) is 13.1 Å². The van der Waals surface area contributed by atoms with Gasteiger partial charge in [-0.1, -0.05) is 11.8 Å². The molecule has 0 radical (unpaired) electrons. The summed E-state index contributed by atoms with van der Waals surface area (Å²) < 4.78 is 55.0. The number of benzene rings is 1. The number of pyridine rings is 1. The fourth-order valence-corrected chi connectivity index (χ4v) is 4.65. The number of hydrogen-bond donors (Lipinski definition) is 0. The Morgan fingerprint density at radius 1 is 1.36 bits per heavy atom. The standard InChI is InChI=1S/C18H17F3N2O4S/c1-2-27-18(25)12-16(24)9-7-10(20)15(22-3-5-26-6-4-22)13(21)14(9)23-11(8-19)28-17(12)23/h7,11H,2-6,8H2,1H3. The molecule has 28 heavy (non-hydrogen) atoms. The number of morpholine rings is 1. The van der Waals surface area contributed by atoms with Crippen molar-refractivity contribution < 1.29 is 27.4 Å². The molecule has 6 nitrogen and oxygen atoms in total. The fraction of sp³-hybridized carbons (Fsp3) is 0.444. The molecule has 0 saturated carbocycles. The Bertz CT molecular complexity index is 1020. The molecule has 3 heterocycles. The first-order chi connectivity index (χ1) is 13.5. The van der Waals surface area contributed by atoms with Gasteiger partial charge in [0.15, 0.2) is 5.82 Å². The van der Waals surface area contributed by atoms with Crippen LogP contribution in [0.15, 0.2) is 15.9 Å². The number of rotatable bonds is 4. The Hall–Kier alpha value is -2.20. The largest absolute Gasteiger partial charge is 0.462 e. The lowest BCUT2D eigenvalue weighted by molar-refractivity contribution is 0.0518. The number of aromatic nitrogens is 1. The summed E-state index contributed by atoms with van der Waals surface area (Å²) >= 11 is 0.956. The molecule has 4 rings (SSSR count). The van der Waals surface area contributed by atoms with Gasteiger partial charge in [0.05, 0.1) is 35.7 Å². The summed E-state index contributed by atoms with van der Waals surface area (Å²) in [5, 5.41) is -0.974. The monoisotopic (exact) mass is 414 g/mol. The zero-order valence-electron chi connectivity index (χ0n) is 15.0. The average Bonchev–Trinajstić information content (AvgIpc) is 2.66. The van der Waals surface area contributed by atoms with E-state index in [-0.39, 0.29) is 33.8 Å². The van der Waals surface area contributed by atoms with Gasteiger partial charge >= 0.3 is 5.97 Å². The maximum Gasteiger partial charge on any atom is 0.344 e. The molecule has 10 heteroatoms. The van der Waals surface area contributed by atoms with Crippen molar-refractivity contribution in [2.24, 2.45) is 0 Å². The highest BCUT2D eigenvalue weighted by Crippen LogP contribution is 2.48. The van der Waals surface area contributed by atoms with E-state index in [4.69, 9.17) is 9.47 Å². The topological polar surface area (TPSA) is 60.8 Å². The maximum atomic E-state index is 15.4. The molecule has 1 atom stereocenters. The summed E-state index contributed by atoms with van der Waals surface area (Å²) in [6.45, 7) is 2.00. The third-order valence-electron chi connectivity index (χ3n) is 4.79. The number of esters is 1. The van der Waals surface area contributed by atoms with Crippen molar-refractivity contribution in [1.82, 2.24) is 4.57 Å². The average molecular weight is 414 g/mol. The highest BCUT2D eigenvalue weighted by Gasteiger charge is 2.38. The lowest BCUT2D eigenvalue weighted by Gasteiger charge is -2.35. The molecule has 1 saturated heterocycles. The van der Waals surface area contributed by atoms with Gasteiger partial charge in [0.25, 0.3) is 0 Å². The van der Waals surface area contributed by atoms with E-state index in [0.29, 0.717) is 26.3 Å². The predicted octanol–water partition coefficient (Wildman–Crippen LogP) is 2.87. The smallest absolute Gasteiger partial charge is 0.344 e. The van der Waals surface area contributed by atoms with Gasteiger partial charge in [-0.3, -0.25) is 4.79 Å². The highest BCUT2D eigenvalue weighted by atomic mass is 32.2. The van der Waals surface area contributed by atoms with E-state index in [9.17, 15) is 18.4 Å². The quantitative estimate of drug-likeness (QED) is 0.717. The normalized spacial score (nSPS) is 18.7. The van der Waals surface area contributed by atoms with Crippen molar-refractivity contribution in [3.05, 3.63) is 33.5 Å². The predicted molar refractivity (Wildman–Crippen MR) is 98.0 cm³/mol. The summed E-state index contributed by atoms with van der Waals surface area (Å²) in [6, 6.07) is 0.916. The van der Waals surface area contributed by atoms with Gasteiger partial charge in [-0.25, -0.2) is 18.0 Å². The van der Waals surface area contributed by atoms with E-state index in [1.54, 1.807) is 6.92 Å². The maximum absolute atomic E-state index is 15.4. The van der Waals surface area contributed by atoms with E-state index in [1.807, 2.05) is 0 Å². The minimum absolute atomic E-state index is 0.0334. The molecule has 0 bridgehead atoms. The first-order valence-corrected chi connectivity index (χ1v) is 9.70. The summed E-state index contributed by atoms with van der Waals surface area (Å²) in [7, 11) is 0. The third-order valence-corrected chi connectivity index (χ3v) is 6.02. The number of thioether (sulfide) groups is 1. The number of halogens is 3. The van der Waals surface area contributed by atoms with Crippen molar-refractivity contribution in [3.8, 4) is 0 Å². The number of carbonyl (C=O) groups is 1. The lowest BCUT2D eigenvalue weighted by atomic mass is 10.1. The zero-order chi connectivity index (χ0) is 20.0. The van der Waals surface area contributed by atoms with E-state index in [1.165, 1.54) is 9.47 Å². The molecule has 0 spiro atoms. The van der Waals surface area contributed by atoms with E-state index in [0.717, 1.165) is 17.8 Å². The minimum atomic E-state index is -0.940. The van der Waals surface area contributed by atoms with Gasteiger partial charge in [0.2, 0.25) is 5.43 Å². The van der Waals surface area contributed by atoms with E-state index < -0.39 is 35.1 Å². The summed E-state index contributed by atoms with van der Waals surface area (Å²) in [6.07, 6.45) is 0. The number of hydrogen-bond acceptors (Lipinski definition) is 6. The van der Waals surface area contributed by atoms with Crippen LogP contribution in [0.2, 0.25) is 0 Å². The summed E-state index contributed by atoms with van der Waals surface area (Å²) in [5.74, 6) is -2.74. The van der Waals surface area contributed by atoms with Gasteiger partial charge in [0.1, 0.15) is 29.1 Å². The van der Waals surface area contributed by atoms with Crippen molar-refractivity contribution >= 4 is 34.3 Å². The molecular weight excluding hydrogens is 397 g/mol. The highest BCUT2D eigenvalue weighted by molar-refractivity contribution is 8.00. The number of carbonyl (C=O) groups excluding carboxylic acids is 1. The minimum Gasteiger partial charge on any atom is -0.462 e. The summed E-state index contributed by atoms with van der Waals surface area (Å²) in [5.41, 5.74) is -1.61. The van der Waals surface area contributed by atoms with Crippen LogP contribution in [-0.4, -0.2) is 50.1 Å². The Morgan fingerprint density at radius 2 is 2.07 bits per heavy atom. The van der Waals surface area contributed by atoms with Crippen LogP contribution in [0, 0.1) is 11.6 Å². The molecule has 1 fully saturated rings. The third kappa shape index (κ3) is 2.77.